The maximum absolute atomic E-state index is 13.7. The van der Waals surface area contributed by atoms with Crippen LogP contribution in [0, 0.1) is 17.6 Å². The highest BCUT2D eigenvalue weighted by molar-refractivity contribution is 7.89. The maximum atomic E-state index is 13.7. The van der Waals surface area contributed by atoms with Crippen LogP contribution >= 0.6 is 0 Å². The SMILES string of the molecule is C[C@@H]1[C@H](C(=O)O)CCCN1S(=O)(=O)c1cc(F)ccc1F. The predicted octanol–water partition coefficient (Wildman–Crippen LogP) is 1.84. The van der Waals surface area contributed by atoms with E-state index in [4.69, 9.17) is 5.11 Å². The Bertz CT molecular complexity index is 662. The first-order valence-corrected chi connectivity index (χ1v) is 7.89. The number of benzene rings is 1. The molecule has 2 atom stereocenters. The van der Waals surface area contributed by atoms with Crippen molar-refractivity contribution < 1.29 is 27.1 Å². The van der Waals surface area contributed by atoms with E-state index in [1.165, 1.54) is 6.92 Å². The van der Waals surface area contributed by atoms with Gasteiger partial charge in [-0.1, -0.05) is 0 Å². The number of halogens is 2. The van der Waals surface area contributed by atoms with Crippen molar-refractivity contribution in [2.24, 2.45) is 5.92 Å². The second-order valence-corrected chi connectivity index (χ2v) is 6.88. The highest BCUT2D eigenvalue weighted by Crippen LogP contribution is 2.30. The Hall–Kier alpha value is -1.54. The number of aliphatic carboxylic acids is 1. The van der Waals surface area contributed by atoms with Crippen molar-refractivity contribution in [2.75, 3.05) is 6.54 Å². The van der Waals surface area contributed by atoms with Crippen LogP contribution in [0.5, 0.6) is 0 Å². The molecule has 0 bridgehead atoms. The second-order valence-electron chi connectivity index (χ2n) is 5.02. The summed E-state index contributed by atoms with van der Waals surface area (Å²) in [6.07, 6.45) is 0.714. The number of carbonyl (C=O) groups is 1. The third-order valence-corrected chi connectivity index (χ3v) is 5.73. The third kappa shape index (κ3) is 2.91. The molecule has 0 saturated carbocycles. The van der Waals surface area contributed by atoms with Crippen LogP contribution in [0.4, 0.5) is 8.78 Å². The van der Waals surface area contributed by atoms with E-state index in [2.05, 4.69) is 0 Å². The first-order chi connectivity index (χ1) is 9.75. The Balaban J connectivity index is 2.43. The highest BCUT2D eigenvalue weighted by atomic mass is 32.2. The molecule has 1 fully saturated rings. The van der Waals surface area contributed by atoms with Gasteiger partial charge in [-0.3, -0.25) is 4.79 Å². The fraction of sp³-hybridized carbons (Fsp3) is 0.462. The fourth-order valence-electron chi connectivity index (χ4n) is 2.58. The minimum atomic E-state index is -4.28. The quantitative estimate of drug-likeness (QED) is 0.922. The van der Waals surface area contributed by atoms with Gasteiger partial charge in [0.15, 0.2) is 0 Å². The maximum Gasteiger partial charge on any atom is 0.308 e. The van der Waals surface area contributed by atoms with E-state index in [9.17, 15) is 22.0 Å². The Morgan fingerprint density at radius 2 is 2.05 bits per heavy atom. The van der Waals surface area contributed by atoms with Crippen LogP contribution < -0.4 is 0 Å². The average molecular weight is 319 g/mol. The van der Waals surface area contributed by atoms with Crippen molar-refractivity contribution in [3.63, 3.8) is 0 Å². The zero-order valence-corrected chi connectivity index (χ0v) is 12.1. The lowest BCUT2D eigenvalue weighted by molar-refractivity contribution is -0.144. The molecule has 1 heterocycles. The van der Waals surface area contributed by atoms with Crippen LogP contribution in [0.1, 0.15) is 19.8 Å². The number of piperidine rings is 1. The summed E-state index contributed by atoms with van der Waals surface area (Å²) >= 11 is 0. The number of carboxylic acids is 1. The van der Waals surface area contributed by atoms with Crippen molar-refractivity contribution in [1.29, 1.82) is 0 Å². The zero-order chi connectivity index (χ0) is 15.8. The molecule has 1 aliphatic heterocycles. The molecule has 0 unspecified atom stereocenters. The molecule has 1 N–H and O–H groups in total. The first-order valence-electron chi connectivity index (χ1n) is 6.45. The van der Waals surface area contributed by atoms with Crippen LogP contribution in [0.2, 0.25) is 0 Å². The van der Waals surface area contributed by atoms with Gasteiger partial charge in [-0.15, -0.1) is 0 Å². The predicted molar refractivity (Wildman–Crippen MR) is 70.1 cm³/mol. The van der Waals surface area contributed by atoms with Gasteiger partial charge in [0.25, 0.3) is 0 Å². The largest absolute Gasteiger partial charge is 0.481 e. The molecule has 5 nitrogen and oxygen atoms in total. The Morgan fingerprint density at radius 3 is 2.67 bits per heavy atom. The molecule has 8 heteroatoms. The van der Waals surface area contributed by atoms with E-state index in [-0.39, 0.29) is 6.54 Å². The highest BCUT2D eigenvalue weighted by Gasteiger charge is 2.40. The second kappa shape index (κ2) is 5.69. The molecule has 0 aliphatic carbocycles. The minimum Gasteiger partial charge on any atom is -0.481 e. The lowest BCUT2D eigenvalue weighted by Crippen LogP contribution is -2.49. The number of sulfonamides is 1. The minimum absolute atomic E-state index is 0.0865. The Labute approximate surface area is 121 Å². The number of hydrogen-bond donors (Lipinski definition) is 1. The summed E-state index contributed by atoms with van der Waals surface area (Å²) in [6, 6.07) is 1.37. The zero-order valence-electron chi connectivity index (χ0n) is 11.3. The molecular formula is C13H15F2NO4S. The van der Waals surface area contributed by atoms with Crippen LogP contribution in [0.25, 0.3) is 0 Å². The summed E-state index contributed by atoms with van der Waals surface area (Å²) in [4.78, 5) is 10.4. The van der Waals surface area contributed by atoms with Crippen LogP contribution in [-0.4, -0.2) is 36.4 Å². The van der Waals surface area contributed by atoms with Crippen LogP contribution in [0.15, 0.2) is 23.1 Å². The average Bonchev–Trinajstić information content (AvgIpc) is 2.41. The lowest BCUT2D eigenvalue weighted by atomic mass is 9.92. The molecule has 0 amide bonds. The molecule has 1 aromatic carbocycles. The van der Waals surface area contributed by atoms with E-state index >= 15 is 0 Å². The summed E-state index contributed by atoms with van der Waals surface area (Å²) in [5, 5.41) is 9.11. The molecule has 1 saturated heterocycles. The Kier molecular flexibility index (Phi) is 4.29. The molecule has 116 valence electrons. The topological polar surface area (TPSA) is 74.7 Å². The molecule has 2 rings (SSSR count). The smallest absolute Gasteiger partial charge is 0.308 e. The molecule has 1 aromatic rings. The number of nitrogens with zero attached hydrogens (tertiary/aromatic N) is 1. The van der Waals surface area contributed by atoms with E-state index < -0.39 is 44.5 Å². The van der Waals surface area contributed by atoms with Crippen molar-refractivity contribution in [2.45, 2.75) is 30.7 Å². The van der Waals surface area contributed by atoms with E-state index in [0.29, 0.717) is 18.9 Å². The van der Waals surface area contributed by atoms with Gasteiger partial charge in [-0.25, -0.2) is 17.2 Å². The standard InChI is InChI=1S/C13H15F2NO4S/c1-8-10(13(17)18)3-2-6-16(8)21(19,20)12-7-9(14)4-5-11(12)15/h4-5,7-8,10H,2-3,6H2,1H3,(H,17,18)/t8-,10-/m1/s1. The lowest BCUT2D eigenvalue weighted by Gasteiger charge is -2.36. The van der Waals surface area contributed by atoms with Gasteiger partial charge < -0.3 is 5.11 Å². The molecule has 0 spiro atoms. The molecule has 0 radical (unpaired) electrons. The summed E-state index contributed by atoms with van der Waals surface area (Å²) in [5.74, 6) is -3.87. The molecule has 21 heavy (non-hydrogen) atoms. The Morgan fingerprint density at radius 1 is 1.38 bits per heavy atom. The summed E-state index contributed by atoms with van der Waals surface area (Å²) in [6.45, 7) is 1.55. The molecular weight excluding hydrogens is 304 g/mol. The van der Waals surface area contributed by atoms with Crippen LogP contribution in [0.3, 0.4) is 0 Å². The normalized spacial score (nSPS) is 24.0. The summed E-state index contributed by atoms with van der Waals surface area (Å²) in [5.41, 5.74) is 0. The molecule has 0 aromatic heterocycles. The fourth-order valence-corrected chi connectivity index (χ4v) is 4.37. The number of hydrogen-bond acceptors (Lipinski definition) is 3. The summed E-state index contributed by atoms with van der Waals surface area (Å²) in [7, 11) is -4.28. The summed E-state index contributed by atoms with van der Waals surface area (Å²) < 4.78 is 52.8. The van der Waals surface area contributed by atoms with Crippen molar-refractivity contribution >= 4 is 16.0 Å². The van der Waals surface area contributed by atoms with Gasteiger partial charge >= 0.3 is 5.97 Å². The van der Waals surface area contributed by atoms with Gasteiger partial charge in [-0.05, 0) is 38.0 Å². The van der Waals surface area contributed by atoms with Crippen molar-refractivity contribution in [1.82, 2.24) is 4.31 Å². The monoisotopic (exact) mass is 319 g/mol. The molecule has 1 aliphatic rings. The van der Waals surface area contributed by atoms with Gasteiger partial charge in [0.2, 0.25) is 10.0 Å². The van der Waals surface area contributed by atoms with E-state index in [1.807, 2.05) is 0 Å². The number of carboxylic acid groups (broad SMARTS) is 1. The van der Waals surface area contributed by atoms with Crippen molar-refractivity contribution in [3.05, 3.63) is 29.8 Å². The first kappa shape index (κ1) is 15.8. The van der Waals surface area contributed by atoms with Gasteiger partial charge in [0.05, 0.1) is 5.92 Å². The van der Waals surface area contributed by atoms with Crippen molar-refractivity contribution in [3.8, 4) is 0 Å². The van der Waals surface area contributed by atoms with E-state index in [1.54, 1.807) is 0 Å². The third-order valence-electron chi connectivity index (χ3n) is 3.73. The van der Waals surface area contributed by atoms with Crippen LogP contribution in [-0.2, 0) is 14.8 Å². The van der Waals surface area contributed by atoms with Gasteiger partial charge in [0, 0.05) is 12.6 Å². The number of rotatable bonds is 3. The van der Waals surface area contributed by atoms with Gasteiger partial charge in [-0.2, -0.15) is 4.31 Å². The van der Waals surface area contributed by atoms with E-state index in [0.717, 1.165) is 16.4 Å². The van der Waals surface area contributed by atoms with Gasteiger partial charge in [0.1, 0.15) is 16.5 Å².